The first-order valence-electron chi connectivity index (χ1n) is 11.9. The van der Waals surface area contributed by atoms with Gasteiger partial charge in [-0.1, -0.05) is 59.2 Å². The molecule has 1 aromatic heterocycles. The van der Waals surface area contributed by atoms with Gasteiger partial charge in [-0.3, -0.25) is 9.59 Å². The molecule has 1 aliphatic heterocycles. The van der Waals surface area contributed by atoms with Crippen LogP contribution in [0.1, 0.15) is 35.7 Å². The van der Waals surface area contributed by atoms with E-state index in [9.17, 15) is 14.7 Å². The average molecular weight is 504 g/mol. The summed E-state index contributed by atoms with van der Waals surface area (Å²) in [6.07, 6.45) is 0.820. The lowest BCUT2D eigenvalue weighted by molar-refractivity contribution is -0.137. The molecule has 0 spiro atoms. The molecule has 5 rings (SSSR count). The van der Waals surface area contributed by atoms with Gasteiger partial charge in [-0.2, -0.15) is 0 Å². The zero-order chi connectivity index (χ0) is 25.3. The lowest BCUT2D eigenvalue weighted by atomic mass is 9.84. The summed E-state index contributed by atoms with van der Waals surface area (Å²) >= 11 is 5.96. The zero-order valence-corrected chi connectivity index (χ0v) is 20.5. The second kappa shape index (κ2) is 9.76. The summed E-state index contributed by atoms with van der Waals surface area (Å²) < 4.78 is 5.52. The Balaban J connectivity index is 1.24. The topological polar surface area (TPSA) is 95.7 Å². The molecule has 0 radical (unpaired) electrons. The van der Waals surface area contributed by atoms with Crippen LogP contribution < -0.4 is 5.32 Å². The van der Waals surface area contributed by atoms with Crippen molar-refractivity contribution in [2.24, 2.45) is 0 Å². The summed E-state index contributed by atoms with van der Waals surface area (Å²) in [7, 11) is 0. The van der Waals surface area contributed by atoms with Crippen molar-refractivity contribution in [2.75, 3.05) is 13.1 Å². The van der Waals surface area contributed by atoms with Crippen LogP contribution in [0.2, 0.25) is 5.02 Å². The van der Waals surface area contributed by atoms with E-state index in [1.807, 2.05) is 42.5 Å². The van der Waals surface area contributed by atoms with E-state index in [0.717, 1.165) is 16.5 Å². The maximum absolute atomic E-state index is 13.1. The number of rotatable bonds is 5. The standard InChI is InChI=1S/C28H26ClN3O4/c1-18(27(34)32-15-13-28(35,14-16-32)21-8-10-22(29)11-9-21)30-26(33)20-7-12-24-23(17-20)25(36-31-24)19-5-3-2-4-6-19/h2-12,17-18,35H,13-16H2,1H3,(H,30,33)/t18-/m0/s1. The molecule has 4 aromatic rings. The van der Waals surface area contributed by atoms with Crippen molar-refractivity contribution in [2.45, 2.75) is 31.4 Å². The second-order valence-corrected chi connectivity index (χ2v) is 9.61. The van der Waals surface area contributed by atoms with E-state index < -0.39 is 11.6 Å². The predicted octanol–water partition coefficient (Wildman–Crippen LogP) is 4.78. The van der Waals surface area contributed by atoms with Crippen molar-refractivity contribution in [3.05, 3.63) is 88.9 Å². The van der Waals surface area contributed by atoms with E-state index in [-0.39, 0.29) is 11.8 Å². The van der Waals surface area contributed by atoms with Gasteiger partial charge in [0.25, 0.3) is 5.91 Å². The fourth-order valence-electron chi connectivity index (χ4n) is 4.64. The van der Waals surface area contributed by atoms with Crippen molar-refractivity contribution in [3.63, 3.8) is 0 Å². The number of fused-ring (bicyclic) bond motifs is 1. The van der Waals surface area contributed by atoms with Gasteiger partial charge in [0.05, 0.1) is 11.0 Å². The SMILES string of the molecule is C[C@H](NC(=O)c1ccc2noc(-c3ccccc3)c2c1)C(=O)N1CCC(O)(c2ccc(Cl)cc2)CC1. The molecule has 0 unspecified atom stereocenters. The van der Waals surface area contributed by atoms with Crippen LogP contribution in [-0.4, -0.2) is 46.1 Å². The van der Waals surface area contributed by atoms with Crippen LogP contribution in [0.25, 0.3) is 22.2 Å². The van der Waals surface area contributed by atoms with E-state index in [4.69, 9.17) is 16.1 Å². The molecule has 0 saturated carbocycles. The number of likely N-dealkylation sites (tertiary alicyclic amines) is 1. The Kier molecular flexibility index (Phi) is 6.51. The minimum atomic E-state index is -1.00. The Bertz CT molecular complexity index is 1390. The van der Waals surface area contributed by atoms with E-state index in [2.05, 4.69) is 10.5 Å². The molecule has 184 valence electrons. The maximum atomic E-state index is 13.1. The first-order chi connectivity index (χ1) is 17.3. The third-order valence-electron chi connectivity index (χ3n) is 6.78. The first kappa shape index (κ1) is 24.0. The van der Waals surface area contributed by atoms with Gasteiger partial charge in [-0.15, -0.1) is 0 Å². The van der Waals surface area contributed by atoms with Crippen LogP contribution in [0.5, 0.6) is 0 Å². The van der Waals surface area contributed by atoms with E-state index in [0.29, 0.717) is 47.8 Å². The summed E-state index contributed by atoms with van der Waals surface area (Å²) in [5.74, 6) is 0.0519. The van der Waals surface area contributed by atoms with Gasteiger partial charge in [-0.25, -0.2) is 0 Å². The Morgan fingerprint density at radius 3 is 2.44 bits per heavy atom. The van der Waals surface area contributed by atoms with Crippen LogP contribution in [0.4, 0.5) is 0 Å². The smallest absolute Gasteiger partial charge is 0.251 e. The molecule has 1 aliphatic rings. The number of carbonyl (C=O) groups is 2. The van der Waals surface area contributed by atoms with Crippen molar-refractivity contribution >= 4 is 34.3 Å². The fourth-order valence-corrected chi connectivity index (χ4v) is 4.77. The number of hydrogen-bond acceptors (Lipinski definition) is 5. The molecule has 2 N–H and O–H groups in total. The third-order valence-corrected chi connectivity index (χ3v) is 7.03. The Morgan fingerprint density at radius 2 is 1.75 bits per heavy atom. The first-order valence-corrected chi connectivity index (χ1v) is 12.2. The molecule has 36 heavy (non-hydrogen) atoms. The lowest BCUT2D eigenvalue weighted by Crippen LogP contribution is -2.51. The van der Waals surface area contributed by atoms with Crippen molar-refractivity contribution < 1.29 is 19.2 Å². The molecular formula is C28H26ClN3O4. The molecule has 2 amide bonds. The number of carbonyl (C=O) groups excluding carboxylic acids is 2. The normalized spacial score (nSPS) is 16.0. The van der Waals surface area contributed by atoms with Gasteiger partial charge in [0, 0.05) is 29.2 Å². The molecule has 0 aliphatic carbocycles. The van der Waals surface area contributed by atoms with Gasteiger partial charge in [-0.05, 0) is 55.7 Å². The highest BCUT2D eigenvalue weighted by atomic mass is 35.5. The molecule has 3 aromatic carbocycles. The molecule has 0 bridgehead atoms. The van der Waals surface area contributed by atoms with Gasteiger partial charge in [0.2, 0.25) is 5.91 Å². The van der Waals surface area contributed by atoms with Crippen LogP contribution in [0.3, 0.4) is 0 Å². The highest BCUT2D eigenvalue weighted by molar-refractivity contribution is 6.30. The van der Waals surface area contributed by atoms with Gasteiger partial charge >= 0.3 is 0 Å². The molecule has 2 heterocycles. The predicted molar refractivity (Wildman–Crippen MR) is 138 cm³/mol. The van der Waals surface area contributed by atoms with Gasteiger partial charge in [0.1, 0.15) is 11.6 Å². The highest BCUT2D eigenvalue weighted by Gasteiger charge is 2.36. The molecule has 7 nitrogen and oxygen atoms in total. The van der Waals surface area contributed by atoms with Crippen LogP contribution >= 0.6 is 11.6 Å². The average Bonchev–Trinajstić information content (AvgIpc) is 3.33. The molecule has 1 saturated heterocycles. The minimum Gasteiger partial charge on any atom is -0.385 e. The molecular weight excluding hydrogens is 478 g/mol. The van der Waals surface area contributed by atoms with E-state index >= 15 is 0 Å². The van der Waals surface area contributed by atoms with Crippen LogP contribution in [-0.2, 0) is 10.4 Å². The van der Waals surface area contributed by atoms with Crippen molar-refractivity contribution in [3.8, 4) is 11.3 Å². The van der Waals surface area contributed by atoms with Gasteiger partial charge < -0.3 is 19.8 Å². The number of aliphatic hydroxyl groups is 1. The third kappa shape index (κ3) is 4.72. The van der Waals surface area contributed by atoms with Crippen LogP contribution in [0.15, 0.2) is 77.3 Å². The Labute approximate surface area is 213 Å². The second-order valence-electron chi connectivity index (χ2n) is 9.17. The monoisotopic (exact) mass is 503 g/mol. The fraction of sp³-hybridized carbons (Fsp3) is 0.250. The summed E-state index contributed by atoms with van der Waals surface area (Å²) in [5, 5.41) is 19.3. The minimum absolute atomic E-state index is 0.183. The summed E-state index contributed by atoms with van der Waals surface area (Å²) in [5.41, 5.74) is 1.72. The van der Waals surface area contributed by atoms with Crippen molar-refractivity contribution in [1.82, 2.24) is 15.4 Å². The van der Waals surface area contributed by atoms with Crippen molar-refractivity contribution in [1.29, 1.82) is 0 Å². The summed E-state index contributed by atoms with van der Waals surface area (Å²) in [4.78, 5) is 27.7. The molecule has 8 heteroatoms. The number of hydrogen-bond donors (Lipinski definition) is 2. The number of piperidine rings is 1. The highest BCUT2D eigenvalue weighted by Crippen LogP contribution is 2.34. The van der Waals surface area contributed by atoms with E-state index in [1.54, 1.807) is 42.2 Å². The molecule has 1 atom stereocenters. The number of aromatic nitrogens is 1. The van der Waals surface area contributed by atoms with E-state index in [1.165, 1.54) is 0 Å². The van der Waals surface area contributed by atoms with Crippen LogP contribution in [0, 0.1) is 0 Å². The van der Waals surface area contributed by atoms with Gasteiger partial charge in [0.15, 0.2) is 5.76 Å². The number of benzene rings is 3. The quantitative estimate of drug-likeness (QED) is 0.409. The Hall–Kier alpha value is -3.68. The maximum Gasteiger partial charge on any atom is 0.251 e. The number of nitrogens with zero attached hydrogens (tertiary/aromatic N) is 2. The number of amides is 2. The number of nitrogens with one attached hydrogen (secondary N) is 1. The Morgan fingerprint density at radius 1 is 1.06 bits per heavy atom. The zero-order valence-electron chi connectivity index (χ0n) is 19.8. The number of halogens is 1. The molecule has 1 fully saturated rings. The summed E-state index contributed by atoms with van der Waals surface area (Å²) in [6, 6.07) is 21.1. The summed E-state index contributed by atoms with van der Waals surface area (Å²) in [6.45, 7) is 2.46. The largest absolute Gasteiger partial charge is 0.385 e. The lowest BCUT2D eigenvalue weighted by Gasteiger charge is -2.39.